The van der Waals surface area contributed by atoms with E-state index >= 15 is 0 Å². The van der Waals surface area contributed by atoms with Crippen molar-refractivity contribution in [2.24, 2.45) is 0 Å². The second kappa shape index (κ2) is 11.1. The van der Waals surface area contributed by atoms with Gasteiger partial charge in [0.25, 0.3) is 0 Å². The van der Waals surface area contributed by atoms with Crippen molar-refractivity contribution in [3.8, 4) is 5.75 Å². The van der Waals surface area contributed by atoms with Crippen molar-refractivity contribution in [3.05, 3.63) is 65.7 Å². The topological polar surface area (TPSA) is 76.7 Å². The Kier molecular flexibility index (Phi) is 7.92. The van der Waals surface area contributed by atoms with E-state index in [0.717, 1.165) is 29.7 Å². The number of carbonyl (C=O) groups is 2. The van der Waals surface area contributed by atoms with E-state index in [-0.39, 0.29) is 19.1 Å². The summed E-state index contributed by atoms with van der Waals surface area (Å²) in [7, 11) is 0. The average Bonchev–Trinajstić information content (AvgIpc) is 2.77. The number of amides is 2. The Morgan fingerprint density at radius 1 is 0.862 bits per heavy atom. The first-order valence-corrected chi connectivity index (χ1v) is 10.2. The van der Waals surface area contributed by atoms with Crippen molar-refractivity contribution >= 4 is 12.0 Å². The lowest BCUT2D eigenvalue weighted by Crippen LogP contribution is -2.36. The zero-order valence-electron chi connectivity index (χ0n) is 16.6. The van der Waals surface area contributed by atoms with Crippen LogP contribution in [0.3, 0.4) is 0 Å². The van der Waals surface area contributed by atoms with Gasteiger partial charge in [0.2, 0.25) is 5.91 Å². The van der Waals surface area contributed by atoms with E-state index in [1.807, 2.05) is 54.6 Å². The highest BCUT2D eigenvalue weighted by Gasteiger charge is 2.14. The molecule has 0 atom stereocenters. The van der Waals surface area contributed by atoms with E-state index < -0.39 is 6.09 Å². The summed E-state index contributed by atoms with van der Waals surface area (Å²) in [4.78, 5) is 23.6. The predicted molar refractivity (Wildman–Crippen MR) is 110 cm³/mol. The van der Waals surface area contributed by atoms with E-state index in [2.05, 4.69) is 10.6 Å². The fourth-order valence-electron chi connectivity index (χ4n) is 3.25. The largest absolute Gasteiger partial charge is 0.490 e. The maximum Gasteiger partial charge on any atom is 0.407 e. The van der Waals surface area contributed by atoms with Gasteiger partial charge in [-0.1, -0.05) is 48.9 Å². The van der Waals surface area contributed by atoms with Gasteiger partial charge in [-0.15, -0.1) is 0 Å². The molecule has 2 amide bonds. The van der Waals surface area contributed by atoms with Crippen LogP contribution in [0.4, 0.5) is 4.79 Å². The molecular formula is C23H28N2O4. The van der Waals surface area contributed by atoms with Crippen LogP contribution in [0.1, 0.15) is 43.2 Å². The molecule has 0 unspecified atom stereocenters. The fraction of sp³-hybridized carbons (Fsp3) is 0.391. The predicted octanol–water partition coefficient (Wildman–Crippen LogP) is 3.94. The van der Waals surface area contributed by atoms with Crippen LogP contribution in [-0.2, 0) is 22.7 Å². The molecule has 0 radical (unpaired) electrons. The molecule has 0 aromatic heterocycles. The highest BCUT2D eigenvalue weighted by Crippen LogP contribution is 2.23. The van der Waals surface area contributed by atoms with Gasteiger partial charge in [-0.25, -0.2) is 4.79 Å². The minimum Gasteiger partial charge on any atom is -0.490 e. The number of rotatable bonds is 8. The van der Waals surface area contributed by atoms with E-state index in [0.29, 0.717) is 12.6 Å². The lowest BCUT2D eigenvalue weighted by atomic mass is 9.98. The number of benzene rings is 2. The molecule has 3 rings (SSSR count). The van der Waals surface area contributed by atoms with Crippen LogP contribution in [0.15, 0.2) is 54.6 Å². The van der Waals surface area contributed by atoms with Crippen LogP contribution in [-0.4, -0.2) is 24.6 Å². The van der Waals surface area contributed by atoms with Crippen molar-refractivity contribution in [2.45, 2.75) is 51.4 Å². The lowest BCUT2D eigenvalue weighted by molar-refractivity contribution is -0.120. The number of alkyl carbamates (subject to hydrolysis) is 1. The van der Waals surface area contributed by atoms with E-state index in [1.54, 1.807) is 0 Å². The van der Waals surface area contributed by atoms with Crippen LogP contribution in [0.2, 0.25) is 0 Å². The molecule has 0 aliphatic heterocycles. The maximum absolute atomic E-state index is 11.9. The third-order valence-electron chi connectivity index (χ3n) is 4.87. The number of hydrogen-bond donors (Lipinski definition) is 2. The summed E-state index contributed by atoms with van der Waals surface area (Å²) >= 11 is 0. The Hall–Kier alpha value is -3.02. The number of hydrogen-bond acceptors (Lipinski definition) is 4. The molecule has 2 N–H and O–H groups in total. The van der Waals surface area contributed by atoms with E-state index in [1.165, 1.54) is 19.3 Å². The molecule has 1 aliphatic rings. The third-order valence-corrected chi connectivity index (χ3v) is 4.87. The van der Waals surface area contributed by atoms with Gasteiger partial charge in [0.1, 0.15) is 18.9 Å². The molecule has 0 saturated heterocycles. The van der Waals surface area contributed by atoms with Crippen LogP contribution in [0.5, 0.6) is 5.75 Å². The second-order valence-electron chi connectivity index (χ2n) is 7.21. The van der Waals surface area contributed by atoms with Gasteiger partial charge >= 0.3 is 6.09 Å². The molecule has 154 valence electrons. The summed E-state index contributed by atoms with van der Waals surface area (Å²) < 4.78 is 11.1. The Morgan fingerprint density at radius 2 is 1.59 bits per heavy atom. The summed E-state index contributed by atoms with van der Waals surface area (Å²) in [5, 5.41) is 5.23. The van der Waals surface area contributed by atoms with Crippen LogP contribution in [0.25, 0.3) is 0 Å². The molecule has 1 saturated carbocycles. The van der Waals surface area contributed by atoms with Gasteiger partial charge < -0.3 is 20.1 Å². The highest BCUT2D eigenvalue weighted by atomic mass is 16.5. The van der Waals surface area contributed by atoms with Crippen LogP contribution < -0.4 is 15.4 Å². The Morgan fingerprint density at radius 3 is 2.31 bits per heavy atom. The zero-order chi connectivity index (χ0) is 20.3. The van der Waals surface area contributed by atoms with E-state index in [9.17, 15) is 9.59 Å². The molecule has 0 spiro atoms. The molecule has 6 nitrogen and oxygen atoms in total. The van der Waals surface area contributed by atoms with Gasteiger partial charge in [-0.3, -0.25) is 4.79 Å². The molecule has 0 heterocycles. The van der Waals surface area contributed by atoms with Crippen LogP contribution in [0, 0.1) is 0 Å². The van der Waals surface area contributed by atoms with Gasteiger partial charge in [0.15, 0.2) is 0 Å². The van der Waals surface area contributed by atoms with Gasteiger partial charge in [0, 0.05) is 6.54 Å². The monoisotopic (exact) mass is 396 g/mol. The SMILES string of the molecule is O=C(CNC(=O)OCc1ccccc1)NCc1ccc(OC2CCCCC2)cc1. The molecule has 29 heavy (non-hydrogen) atoms. The normalized spacial score (nSPS) is 14.1. The molecule has 2 aromatic rings. The molecule has 6 heteroatoms. The van der Waals surface area contributed by atoms with Crippen molar-refractivity contribution in [1.29, 1.82) is 0 Å². The van der Waals surface area contributed by atoms with Crippen molar-refractivity contribution in [3.63, 3.8) is 0 Å². The fourth-order valence-corrected chi connectivity index (χ4v) is 3.25. The Balaban J connectivity index is 1.32. The highest BCUT2D eigenvalue weighted by molar-refractivity contribution is 5.82. The minimum atomic E-state index is -0.617. The molecule has 1 fully saturated rings. The van der Waals surface area contributed by atoms with Gasteiger partial charge in [-0.2, -0.15) is 0 Å². The summed E-state index contributed by atoms with van der Waals surface area (Å²) in [5.74, 6) is 0.596. The third kappa shape index (κ3) is 7.49. The lowest BCUT2D eigenvalue weighted by Gasteiger charge is -2.23. The quantitative estimate of drug-likeness (QED) is 0.709. The first-order valence-electron chi connectivity index (χ1n) is 10.2. The smallest absolute Gasteiger partial charge is 0.407 e. The average molecular weight is 396 g/mol. The zero-order valence-corrected chi connectivity index (χ0v) is 16.6. The Labute approximate surface area is 171 Å². The summed E-state index contributed by atoms with van der Waals surface area (Å²) in [5.41, 5.74) is 1.86. The standard InChI is InChI=1S/C23H28N2O4/c26-22(16-25-23(27)28-17-19-7-3-1-4-8-19)24-15-18-11-13-21(14-12-18)29-20-9-5-2-6-10-20/h1,3-4,7-8,11-14,20H,2,5-6,9-10,15-17H2,(H,24,26)(H,25,27). The minimum absolute atomic E-state index is 0.128. The number of ether oxygens (including phenoxy) is 2. The van der Waals surface area contributed by atoms with E-state index in [4.69, 9.17) is 9.47 Å². The molecule has 0 bridgehead atoms. The number of nitrogens with one attached hydrogen (secondary N) is 2. The van der Waals surface area contributed by atoms with Crippen LogP contribution >= 0.6 is 0 Å². The number of carbonyl (C=O) groups excluding carboxylic acids is 2. The molecular weight excluding hydrogens is 368 g/mol. The second-order valence-corrected chi connectivity index (χ2v) is 7.21. The summed E-state index contributed by atoms with van der Waals surface area (Å²) in [6, 6.07) is 17.1. The molecule has 2 aromatic carbocycles. The summed E-state index contributed by atoms with van der Waals surface area (Å²) in [6.45, 7) is 0.434. The molecule has 1 aliphatic carbocycles. The van der Waals surface area contributed by atoms with Crippen molar-refractivity contribution < 1.29 is 19.1 Å². The Bertz CT molecular complexity index is 771. The maximum atomic E-state index is 11.9. The van der Waals surface area contributed by atoms with Gasteiger partial charge in [-0.05, 0) is 48.9 Å². The summed E-state index contributed by atoms with van der Waals surface area (Å²) in [6.07, 6.45) is 5.73. The van der Waals surface area contributed by atoms with Gasteiger partial charge in [0.05, 0.1) is 6.10 Å². The first-order chi connectivity index (χ1) is 14.2. The first kappa shape index (κ1) is 20.7. The van der Waals surface area contributed by atoms with Crippen molar-refractivity contribution in [1.82, 2.24) is 10.6 Å². The van der Waals surface area contributed by atoms with Crippen molar-refractivity contribution in [2.75, 3.05) is 6.54 Å².